The van der Waals surface area contributed by atoms with Gasteiger partial charge in [0, 0.05) is 25.8 Å². The summed E-state index contributed by atoms with van der Waals surface area (Å²) in [4.78, 5) is 13.9. The molecule has 1 saturated carbocycles. The lowest BCUT2D eigenvalue weighted by Crippen LogP contribution is -2.59. The number of nitrogens with two attached hydrogens (primary N) is 1. The minimum absolute atomic E-state index is 0.354. The van der Waals surface area contributed by atoms with Crippen molar-refractivity contribution in [2.75, 3.05) is 24.5 Å². The van der Waals surface area contributed by atoms with Crippen LogP contribution in [-0.2, 0) is 10.2 Å². The third-order valence-electron chi connectivity index (χ3n) is 5.17. The summed E-state index contributed by atoms with van der Waals surface area (Å²) in [6.07, 6.45) is 5.18. The highest BCUT2D eigenvalue weighted by Crippen LogP contribution is 2.53. The smallest absolute Gasteiger partial charge is 0.277 e. The van der Waals surface area contributed by atoms with Crippen LogP contribution in [0.15, 0.2) is 18.6 Å². The molecule has 8 nitrogen and oxygen atoms in total. The van der Waals surface area contributed by atoms with Crippen LogP contribution in [0.5, 0.6) is 0 Å². The molecule has 4 rings (SSSR count). The van der Waals surface area contributed by atoms with E-state index in [2.05, 4.69) is 26.8 Å². The number of aromatic nitrogens is 3. The van der Waals surface area contributed by atoms with Crippen molar-refractivity contribution in [3.05, 3.63) is 18.6 Å². The molecule has 1 saturated heterocycles. The van der Waals surface area contributed by atoms with Crippen LogP contribution in [-0.4, -0.2) is 52.8 Å². The Kier molecular flexibility index (Phi) is 3.16. The number of fused-ring (bicyclic) bond motifs is 1. The van der Waals surface area contributed by atoms with Gasteiger partial charge in [-0.15, -0.1) is 0 Å². The van der Waals surface area contributed by atoms with E-state index in [1.165, 1.54) is 10.6 Å². The molecule has 124 valence electrons. The van der Waals surface area contributed by atoms with Gasteiger partial charge in [-0.05, 0) is 18.4 Å². The molecule has 1 spiro atoms. The largest absolute Gasteiger partial charge is 0.353 e. The highest BCUT2D eigenvalue weighted by molar-refractivity contribution is 7.86. The van der Waals surface area contributed by atoms with Crippen molar-refractivity contribution in [2.24, 2.45) is 11.1 Å². The minimum Gasteiger partial charge on any atom is -0.353 e. The number of rotatable bonds is 3. The number of nitrogens with one attached hydrogen (secondary N) is 1. The summed E-state index contributed by atoms with van der Waals surface area (Å²) in [6, 6.07) is 1.95. The molecule has 2 aromatic rings. The molecule has 0 aromatic carbocycles. The first-order chi connectivity index (χ1) is 11.0. The Hall–Kier alpha value is -1.71. The van der Waals surface area contributed by atoms with Gasteiger partial charge in [-0.1, -0.05) is 13.3 Å². The van der Waals surface area contributed by atoms with Gasteiger partial charge in [0.05, 0.1) is 10.9 Å². The maximum Gasteiger partial charge on any atom is 0.277 e. The first-order valence-electron chi connectivity index (χ1n) is 7.79. The van der Waals surface area contributed by atoms with Crippen molar-refractivity contribution in [3.8, 4) is 0 Å². The van der Waals surface area contributed by atoms with Gasteiger partial charge >= 0.3 is 0 Å². The second kappa shape index (κ2) is 4.89. The molecule has 2 unspecified atom stereocenters. The summed E-state index contributed by atoms with van der Waals surface area (Å²) in [5, 5.41) is 6.41. The lowest BCUT2D eigenvalue weighted by molar-refractivity contribution is 0.250. The molecule has 3 heterocycles. The van der Waals surface area contributed by atoms with Gasteiger partial charge in [-0.3, -0.25) is 0 Å². The Morgan fingerprint density at radius 1 is 1.43 bits per heavy atom. The number of hydrogen-bond donors (Lipinski definition) is 2. The average Bonchev–Trinajstić information content (AvgIpc) is 2.96. The van der Waals surface area contributed by atoms with E-state index in [1.807, 2.05) is 12.3 Å². The summed E-state index contributed by atoms with van der Waals surface area (Å²) in [5.74, 6) is 1.21. The van der Waals surface area contributed by atoms with Crippen molar-refractivity contribution in [3.63, 3.8) is 0 Å². The Bertz CT molecular complexity index is 850. The standard InChI is InChI=1S/C14H20N6O2S/c1-2-10-7-14(10)8-19(5-6-20(14)23(15,21)22)13-11-3-4-16-12(11)17-9-18-13/h3-4,9-10H,2,5-8H2,1H3,(H2,15,21,22)(H,16,17,18). The summed E-state index contributed by atoms with van der Waals surface area (Å²) in [6.45, 7) is 3.69. The number of piperazine rings is 1. The van der Waals surface area contributed by atoms with Gasteiger partial charge in [0.15, 0.2) is 0 Å². The highest BCUT2D eigenvalue weighted by atomic mass is 32.2. The fraction of sp³-hybridized carbons (Fsp3) is 0.571. The molecule has 0 radical (unpaired) electrons. The van der Waals surface area contributed by atoms with Crippen LogP contribution in [0.2, 0.25) is 0 Å². The molecule has 0 bridgehead atoms. The molecular formula is C14H20N6O2S. The minimum atomic E-state index is -3.68. The van der Waals surface area contributed by atoms with E-state index >= 15 is 0 Å². The lowest BCUT2D eigenvalue weighted by Gasteiger charge is -2.41. The first kappa shape index (κ1) is 14.9. The molecule has 2 aliphatic rings. The second-order valence-electron chi connectivity index (χ2n) is 6.39. The topological polar surface area (TPSA) is 108 Å². The Balaban J connectivity index is 1.71. The fourth-order valence-electron chi connectivity index (χ4n) is 3.99. The molecule has 2 atom stereocenters. The average molecular weight is 336 g/mol. The second-order valence-corrected chi connectivity index (χ2v) is 7.86. The van der Waals surface area contributed by atoms with Crippen molar-refractivity contribution in [2.45, 2.75) is 25.3 Å². The Morgan fingerprint density at radius 3 is 2.96 bits per heavy atom. The highest BCUT2D eigenvalue weighted by Gasteiger charge is 2.62. The number of anilines is 1. The van der Waals surface area contributed by atoms with E-state index in [4.69, 9.17) is 5.14 Å². The lowest BCUT2D eigenvalue weighted by atomic mass is 10.1. The summed E-state index contributed by atoms with van der Waals surface area (Å²) in [5.41, 5.74) is 0.412. The third kappa shape index (κ3) is 2.22. The predicted molar refractivity (Wildman–Crippen MR) is 87.0 cm³/mol. The van der Waals surface area contributed by atoms with Crippen LogP contribution >= 0.6 is 0 Å². The zero-order chi connectivity index (χ0) is 16.2. The quantitative estimate of drug-likeness (QED) is 0.846. The molecule has 0 amide bonds. The molecule has 1 aliphatic carbocycles. The van der Waals surface area contributed by atoms with E-state index in [-0.39, 0.29) is 5.54 Å². The van der Waals surface area contributed by atoms with Crippen LogP contribution < -0.4 is 10.0 Å². The fourth-order valence-corrected chi connectivity index (χ4v) is 5.11. The molecule has 23 heavy (non-hydrogen) atoms. The van der Waals surface area contributed by atoms with Gasteiger partial charge < -0.3 is 9.88 Å². The molecular weight excluding hydrogens is 316 g/mol. The van der Waals surface area contributed by atoms with E-state index in [0.717, 1.165) is 29.7 Å². The molecule has 2 fully saturated rings. The van der Waals surface area contributed by atoms with Crippen LogP contribution in [0.1, 0.15) is 19.8 Å². The first-order valence-corrected chi connectivity index (χ1v) is 9.29. The summed E-state index contributed by atoms with van der Waals surface area (Å²) >= 11 is 0. The SMILES string of the molecule is CCC1CC12CN(c1ncnc3[nH]ccc13)CCN2S(N)(=O)=O. The van der Waals surface area contributed by atoms with Crippen molar-refractivity contribution < 1.29 is 8.42 Å². The summed E-state index contributed by atoms with van der Waals surface area (Å²) < 4.78 is 25.4. The van der Waals surface area contributed by atoms with Gasteiger partial charge in [0.25, 0.3) is 10.2 Å². The van der Waals surface area contributed by atoms with Gasteiger partial charge in [0.1, 0.15) is 17.8 Å². The number of nitrogens with zero attached hydrogens (tertiary/aromatic N) is 4. The van der Waals surface area contributed by atoms with Gasteiger partial charge in [-0.2, -0.15) is 12.7 Å². The zero-order valence-electron chi connectivity index (χ0n) is 12.9. The number of hydrogen-bond acceptors (Lipinski definition) is 5. The van der Waals surface area contributed by atoms with E-state index in [0.29, 0.717) is 25.6 Å². The molecule has 2 aromatic heterocycles. The normalized spacial score (nSPS) is 28.6. The maximum absolute atomic E-state index is 12.0. The predicted octanol–water partition coefficient (Wildman–Crippen LogP) is 0.452. The zero-order valence-corrected chi connectivity index (χ0v) is 13.8. The molecule has 3 N–H and O–H groups in total. The summed E-state index contributed by atoms with van der Waals surface area (Å²) in [7, 11) is -3.68. The van der Waals surface area contributed by atoms with Gasteiger partial charge in [-0.25, -0.2) is 15.1 Å². The van der Waals surface area contributed by atoms with E-state index in [9.17, 15) is 8.42 Å². The van der Waals surface area contributed by atoms with E-state index in [1.54, 1.807) is 0 Å². The number of H-pyrrole nitrogens is 1. The van der Waals surface area contributed by atoms with E-state index < -0.39 is 10.2 Å². The third-order valence-corrected chi connectivity index (χ3v) is 6.33. The van der Waals surface area contributed by atoms with Crippen LogP contribution in [0, 0.1) is 5.92 Å². The van der Waals surface area contributed by atoms with Crippen molar-refractivity contribution in [1.82, 2.24) is 19.3 Å². The number of aromatic amines is 1. The van der Waals surface area contributed by atoms with Crippen molar-refractivity contribution >= 4 is 27.1 Å². The van der Waals surface area contributed by atoms with Crippen LogP contribution in [0.4, 0.5) is 5.82 Å². The van der Waals surface area contributed by atoms with Crippen LogP contribution in [0.25, 0.3) is 11.0 Å². The Morgan fingerprint density at radius 2 is 2.26 bits per heavy atom. The van der Waals surface area contributed by atoms with Gasteiger partial charge in [0.2, 0.25) is 0 Å². The van der Waals surface area contributed by atoms with Crippen LogP contribution in [0.3, 0.4) is 0 Å². The maximum atomic E-state index is 12.0. The van der Waals surface area contributed by atoms with Crippen molar-refractivity contribution in [1.29, 1.82) is 0 Å². The molecule has 1 aliphatic heterocycles. The monoisotopic (exact) mass is 336 g/mol. The molecule has 9 heteroatoms. The Labute approximate surface area is 134 Å².